The van der Waals surface area contributed by atoms with E-state index < -0.39 is 5.91 Å². The monoisotopic (exact) mass is 337 g/mol. The van der Waals surface area contributed by atoms with Crippen molar-refractivity contribution in [3.05, 3.63) is 59.0 Å². The zero-order chi connectivity index (χ0) is 17.6. The van der Waals surface area contributed by atoms with Gasteiger partial charge in [0.2, 0.25) is 12.4 Å². The van der Waals surface area contributed by atoms with E-state index >= 15 is 0 Å². The minimum Gasteiger partial charge on any atom is -0.384 e. The summed E-state index contributed by atoms with van der Waals surface area (Å²) in [6.07, 6.45) is 4.55. The third-order valence-electron chi connectivity index (χ3n) is 4.07. The fraction of sp³-hybridized carbons (Fsp3) is 0.222. The highest BCUT2D eigenvalue weighted by atomic mass is 16.2. The SMILES string of the molecule is CN/C(=C\c1ccnc(N2CCc3ccccc3C2)n1)C(=O)NC=O. The van der Waals surface area contributed by atoms with E-state index in [1.807, 2.05) is 6.07 Å². The zero-order valence-electron chi connectivity index (χ0n) is 13.9. The largest absolute Gasteiger partial charge is 0.384 e. The van der Waals surface area contributed by atoms with Crippen molar-refractivity contribution in [2.75, 3.05) is 18.5 Å². The summed E-state index contributed by atoms with van der Waals surface area (Å²) in [5, 5.41) is 4.86. The quantitative estimate of drug-likeness (QED) is 0.622. The third-order valence-corrected chi connectivity index (χ3v) is 4.07. The fourth-order valence-electron chi connectivity index (χ4n) is 2.79. The molecule has 1 aliphatic heterocycles. The molecule has 7 nitrogen and oxygen atoms in total. The number of imide groups is 1. The Morgan fingerprint density at radius 3 is 2.80 bits per heavy atom. The zero-order valence-corrected chi connectivity index (χ0v) is 13.9. The average molecular weight is 337 g/mol. The lowest BCUT2D eigenvalue weighted by molar-refractivity contribution is -0.122. The van der Waals surface area contributed by atoms with Crippen molar-refractivity contribution in [2.24, 2.45) is 0 Å². The van der Waals surface area contributed by atoms with Crippen LogP contribution in [0.5, 0.6) is 0 Å². The van der Waals surface area contributed by atoms with Crippen molar-refractivity contribution in [1.82, 2.24) is 20.6 Å². The first kappa shape index (κ1) is 16.6. The molecule has 0 saturated heterocycles. The van der Waals surface area contributed by atoms with E-state index in [0.717, 1.165) is 19.5 Å². The molecule has 1 aliphatic rings. The molecule has 0 saturated carbocycles. The smallest absolute Gasteiger partial charge is 0.273 e. The molecule has 3 rings (SSSR count). The van der Waals surface area contributed by atoms with Crippen molar-refractivity contribution in [2.45, 2.75) is 13.0 Å². The van der Waals surface area contributed by atoms with E-state index in [2.05, 4.69) is 43.7 Å². The molecule has 128 valence electrons. The summed E-state index contributed by atoms with van der Waals surface area (Å²) in [7, 11) is 1.61. The first-order valence-corrected chi connectivity index (χ1v) is 8.00. The van der Waals surface area contributed by atoms with Gasteiger partial charge in [-0.1, -0.05) is 24.3 Å². The Balaban J connectivity index is 1.82. The van der Waals surface area contributed by atoms with Crippen molar-refractivity contribution >= 4 is 24.3 Å². The average Bonchev–Trinajstić information content (AvgIpc) is 2.66. The Morgan fingerprint density at radius 1 is 1.24 bits per heavy atom. The van der Waals surface area contributed by atoms with Gasteiger partial charge in [-0.25, -0.2) is 9.97 Å². The maximum atomic E-state index is 11.8. The molecule has 2 N–H and O–H groups in total. The molecule has 2 amide bonds. The summed E-state index contributed by atoms with van der Waals surface area (Å²) < 4.78 is 0. The van der Waals surface area contributed by atoms with Crippen molar-refractivity contribution in [3.63, 3.8) is 0 Å². The number of nitrogens with one attached hydrogen (secondary N) is 2. The first-order chi connectivity index (χ1) is 12.2. The Morgan fingerprint density at radius 2 is 2.04 bits per heavy atom. The van der Waals surface area contributed by atoms with Gasteiger partial charge in [0.1, 0.15) is 5.70 Å². The summed E-state index contributed by atoms with van der Waals surface area (Å²) in [6.45, 7) is 1.60. The van der Waals surface area contributed by atoms with Crippen LogP contribution in [0.15, 0.2) is 42.2 Å². The van der Waals surface area contributed by atoms with Crippen LogP contribution < -0.4 is 15.5 Å². The molecule has 1 aromatic carbocycles. The molecule has 7 heteroatoms. The summed E-state index contributed by atoms with van der Waals surface area (Å²) in [4.78, 5) is 33.2. The van der Waals surface area contributed by atoms with Gasteiger partial charge < -0.3 is 10.2 Å². The second kappa shape index (κ2) is 7.57. The number of benzene rings is 1. The lowest BCUT2D eigenvalue weighted by Gasteiger charge is -2.28. The molecular weight excluding hydrogens is 318 g/mol. The summed E-state index contributed by atoms with van der Waals surface area (Å²) in [5.74, 6) is 0.110. The lowest BCUT2D eigenvalue weighted by atomic mass is 10.0. The summed E-state index contributed by atoms with van der Waals surface area (Å²) >= 11 is 0. The molecule has 0 aliphatic carbocycles. The van der Waals surface area contributed by atoms with Gasteiger partial charge in [-0.15, -0.1) is 0 Å². The van der Waals surface area contributed by atoms with Crippen LogP contribution in [0.4, 0.5) is 5.95 Å². The fourth-order valence-corrected chi connectivity index (χ4v) is 2.79. The van der Waals surface area contributed by atoms with Crippen molar-refractivity contribution < 1.29 is 9.59 Å². The molecular formula is C18H19N5O2. The standard InChI is InChI=1S/C18H19N5O2/c1-19-16(17(25)21-12-24)10-15-6-8-20-18(22-15)23-9-7-13-4-2-3-5-14(13)11-23/h2-6,8,10,12,19H,7,9,11H2,1H3,(H,21,24,25)/b16-10-. The first-order valence-electron chi connectivity index (χ1n) is 8.00. The predicted molar refractivity (Wildman–Crippen MR) is 94.5 cm³/mol. The van der Waals surface area contributed by atoms with Gasteiger partial charge in [0.15, 0.2) is 0 Å². The molecule has 0 spiro atoms. The van der Waals surface area contributed by atoms with Gasteiger partial charge in [0, 0.05) is 26.3 Å². The minimum absolute atomic E-state index is 0.251. The van der Waals surface area contributed by atoms with Crippen LogP contribution in [0.25, 0.3) is 6.08 Å². The topological polar surface area (TPSA) is 87.2 Å². The number of carbonyl (C=O) groups excluding carboxylic acids is 2. The summed E-state index contributed by atoms with van der Waals surface area (Å²) in [5.41, 5.74) is 3.48. The van der Waals surface area contributed by atoms with Crippen LogP contribution in [0.1, 0.15) is 16.8 Å². The number of anilines is 1. The van der Waals surface area contributed by atoms with Crippen LogP contribution >= 0.6 is 0 Å². The van der Waals surface area contributed by atoms with Crippen LogP contribution in [0.2, 0.25) is 0 Å². The number of fused-ring (bicyclic) bond motifs is 1. The van der Waals surface area contributed by atoms with E-state index in [9.17, 15) is 9.59 Å². The maximum absolute atomic E-state index is 11.8. The molecule has 1 aromatic heterocycles. The second-order valence-corrected chi connectivity index (χ2v) is 5.62. The Bertz CT molecular complexity index is 819. The highest BCUT2D eigenvalue weighted by Crippen LogP contribution is 2.22. The van der Waals surface area contributed by atoms with Crippen LogP contribution in [-0.4, -0.2) is 35.9 Å². The van der Waals surface area contributed by atoms with Crippen LogP contribution in [0.3, 0.4) is 0 Å². The molecule has 0 bridgehead atoms. The lowest BCUT2D eigenvalue weighted by Crippen LogP contribution is -2.32. The number of nitrogens with zero attached hydrogens (tertiary/aromatic N) is 3. The Labute approximate surface area is 145 Å². The van der Waals surface area contributed by atoms with Crippen molar-refractivity contribution in [1.29, 1.82) is 0 Å². The number of hydrogen-bond donors (Lipinski definition) is 2. The van der Waals surface area contributed by atoms with Gasteiger partial charge >= 0.3 is 0 Å². The van der Waals surface area contributed by atoms with Crippen LogP contribution in [0, 0.1) is 0 Å². The highest BCUT2D eigenvalue weighted by molar-refractivity contribution is 6.01. The Kier molecular flexibility index (Phi) is 5.03. The predicted octanol–water partition coefficient (Wildman–Crippen LogP) is 0.872. The Hall–Kier alpha value is -3.22. The minimum atomic E-state index is -0.510. The van der Waals surface area contributed by atoms with E-state index in [4.69, 9.17) is 0 Å². The summed E-state index contributed by atoms with van der Waals surface area (Å²) in [6, 6.07) is 10.1. The van der Waals surface area contributed by atoms with E-state index in [-0.39, 0.29) is 5.70 Å². The van der Waals surface area contributed by atoms with E-state index in [0.29, 0.717) is 18.1 Å². The molecule has 2 aromatic rings. The molecule has 0 fully saturated rings. The normalized spacial score (nSPS) is 13.8. The second-order valence-electron chi connectivity index (χ2n) is 5.62. The van der Waals surface area contributed by atoms with Gasteiger partial charge in [-0.3, -0.25) is 14.9 Å². The van der Waals surface area contributed by atoms with Gasteiger partial charge in [-0.2, -0.15) is 0 Å². The number of carbonyl (C=O) groups is 2. The number of rotatable bonds is 5. The van der Waals surface area contributed by atoms with Crippen LogP contribution in [-0.2, 0) is 22.6 Å². The number of aromatic nitrogens is 2. The van der Waals surface area contributed by atoms with Gasteiger partial charge in [0.25, 0.3) is 5.91 Å². The van der Waals surface area contributed by atoms with Gasteiger partial charge in [-0.05, 0) is 29.7 Å². The molecule has 0 atom stereocenters. The molecule has 25 heavy (non-hydrogen) atoms. The van der Waals surface area contributed by atoms with E-state index in [1.165, 1.54) is 11.1 Å². The van der Waals surface area contributed by atoms with E-state index in [1.54, 1.807) is 25.4 Å². The van der Waals surface area contributed by atoms with Crippen molar-refractivity contribution in [3.8, 4) is 0 Å². The van der Waals surface area contributed by atoms with Gasteiger partial charge in [0.05, 0.1) is 5.69 Å². The third kappa shape index (κ3) is 3.82. The highest BCUT2D eigenvalue weighted by Gasteiger charge is 2.18. The molecule has 2 heterocycles. The molecule has 0 radical (unpaired) electrons. The number of hydrogen-bond acceptors (Lipinski definition) is 6. The molecule has 0 unspecified atom stereocenters. The maximum Gasteiger partial charge on any atom is 0.273 e. The number of likely N-dealkylation sites (N-methyl/N-ethyl adjacent to an activating group) is 1. The number of amides is 2.